The van der Waals surface area contributed by atoms with E-state index in [9.17, 15) is 9.59 Å². The summed E-state index contributed by atoms with van der Waals surface area (Å²) in [6.07, 6.45) is 0.593. The molecule has 1 saturated heterocycles. The molecule has 0 bridgehead atoms. The van der Waals surface area contributed by atoms with Crippen LogP contribution in [0.4, 0.5) is 5.69 Å². The second-order valence-corrected chi connectivity index (χ2v) is 5.44. The number of hydrogen-bond acceptors (Lipinski definition) is 4. The minimum atomic E-state index is -0.790. The molecule has 6 heteroatoms. The Balaban J connectivity index is 1.90. The van der Waals surface area contributed by atoms with Crippen molar-refractivity contribution in [3.63, 3.8) is 0 Å². The molecule has 0 aliphatic carbocycles. The van der Waals surface area contributed by atoms with E-state index in [1.807, 2.05) is 11.8 Å². The Hall–Kier alpha value is -2.08. The fourth-order valence-electron chi connectivity index (χ4n) is 2.55. The number of amides is 1. The normalized spacial score (nSPS) is 19.6. The van der Waals surface area contributed by atoms with Crippen molar-refractivity contribution in [1.82, 2.24) is 4.90 Å². The first-order valence-corrected chi connectivity index (χ1v) is 7.51. The molecule has 120 valence electrons. The van der Waals surface area contributed by atoms with Gasteiger partial charge in [0.05, 0.1) is 18.6 Å². The summed E-state index contributed by atoms with van der Waals surface area (Å²) in [4.78, 5) is 25.1. The molecule has 1 aromatic rings. The van der Waals surface area contributed by atoms with Gasteiger partial charge in [0, 0.05) is 12.2 Å². The van der Waals surface area contributed by atoms with Crippen LogP contribution in [0.3, 0.4) is 0 Å². The lowest BCUT2D eigenvalue weighted by Gasteiger charge is -2.23. The highest BCUT2D eigenvalue weighted by Gasteiger charge is 2.33. The van der Waals surface area contributed by atoms with Crippen molar-refractivity contribution in [2.24, 2.45) is 5.92 Å². The first-order valence-electron chi connectivity index (χ1n) is 7.51. The van der Waals surface area contributed by atoms with Gasteiger partial charge < -0.3 is 15.2 Å². The molecule has 2 rings (SSSR count). The Morgan fingerprint density at radius 2 is 2.09 bits per heavy atom. The van der Waals surface area contributed by atoms with Crippen molar-refractivity contribution in [2.75, 3.05) is 25.0 Å². The van der Waals surface area contributed by atoms with Crippen LogP contribution in [0.25, 0.3) is 0 Å². The van der Waals surface area contributed by atoms with Crippen LogP contribution in [-0.2, 0) is 9.59 Å². The lowest BCUT2D eigenvalue weighted by Crippen LogP contribution is -2.41. The highest BCUT2D eigenvalue weighted by molar-refractivity contribution is 5.94. The van der Waals surface area contributed by atoms with Gasteiger partial charge in [0.1, 0.15) is 5.75 Å². The molecule has 1 heterocycles. The number of hydrogen-bond donors (Lipinski definition) is 2. The Morgan fingerprint density at radius 1 is 1.41 bits per heavy atom. The van der Waals surface area contributed by atoms with Crippen LogP contribution in [-0.4, -0.2) is 47.6 Å². The molecule has 0 saturated carbocycles. The number of carbonyl (C=O) groups excluding carboxylic acids is 1. The molecule has 22 heavy (non-hydrogen) atoms. The number of likely N-dealkylation sites (tertiary alicyclic amines) is 1. The maximum atomic E-state index is 12.3. The zero-order valence-electron chi connectivity index (χ0n) is 12.9. The number of carbonyl (C=O) groups is 2. The lowest BCUT2D eigenvalue weighted by molar-refractivity contribution is -0.141. The Labute approximate surface area is 130 Å². The van der Waals surface area contributed by atoms with Crippen molar-refractivity contribution in [1.29, 1.82) is 0 Å². The molecule has 2 atom stereocenters. The number of aliphatic carboxylic acids is 1. The summed E-state index contributed by atoms with van der Waals surface area (Å²) in [6, 6.07) is 6.84. The van der Waals surface area contributed by atoms with E-state index in [0.29, 0.717) is 31.8 Å². The van der Waals surface area contributed by atoms with Crippen molar-refractivity contribution in [2.45, 2.75) is 26.3 Å². The second kappa shape index (κ2) is 7.26. The quantitative estimate of drug-likeness (QED) is 0.838. The molecule has 1 aromatic carbocycles. The maximum Gasteiger partial charge on any atom is 0.307 e. The molecule has 1 aliphatic rings. The SMILES string of the molecule is CCOc1ccc(NC(=O)C(C)N2CCC(C(=O)O)C2)cc1. The smallest absolute Gasteiger partial charge is 0.307 e. The standard InChI is InChI=1S/C16H22N2O4/c1-3-22-14-6-4-13(5-7-14)17-15(19)11(2)18-9-8-12(10-18)16(20)21/h4-7,11-12H,3,8-10H2,1-2H3,(H,17,19)(H,20,21). The Morgan fingerprint density at radius 3 is 2.64 bits per heavy atom. The van der Waals surface area contributed by atoms with Gasteiger partial charge in [0.15, 0.2) is 0 Å². The first kappa shape index (κ1) is 16.3. The topological polar surface area (TPSA) is 78.9 Å². The number of nitrogens with zero attached hydrogens (tertiary/aromatic N) is 1. The molecule has 1 aliphatic heterocycles. The van der Waals surface area contributed by atoms with E-state index in [4.69, 9.17) is 9.84 Å². The van der Waals surface area contributed by atoms with Gasteiger partial charge in [-0.2, -0.15) is 0 Å². The largest absolute Gasteiger partial charge is 0.494 e. The van der Waals surface area contributed by atoms with Crippen LogP contribution in [0.5, 0.6) is 5.75 Å². The van der Waals surface area contributed by atoms with E-state index in [-0.39, 0.29) is 17.9 Å². The third-order valence-electron chi connectivity index (χ3n) is 3.93. The fraction of sp³-hybridized carbons (Fsp3) is 0.500. The maximum absolute atomic E-state index is 12.3. The van der Waals surface area contributed by atoms with Crippen LogP contribution >= 0.6 is 0 Å². The van der Waals surface area contributed by atoms with Gasteiger partial charge in [0.25, 0.3) is 0 Å². The third-order valence-corrected chi connectivity index (χ3v) is 3.93. The number of anilines is 1. The molecular weight excluding hydrogens is 284 g/mol. The predicted molar refractivity (Wildman–Crippen MR) is 83.0 cm³/mol. The highest BCUT2D eigenvalue weighted by Crippen LogP contribution is 2.20. The van der Waals surface area contributed by atoms with Crippen molar-refractivity contribution >= 4 is 17.6 Å². The highest BCUT2D eigenvalue weighted by atomic mass is 16.5. The summed E-state index contributed by atoms with van der Waals surface area (Å²) in [5.74, 6) is -0.532. The minimum Gasteiger partial charge on any atom is -0.494 e. The minimum absolute atomic E-state index is 0.129. The summed E-state index contributed by atoms with van der Waals surface area (Å²) in [5.41, 5.74) is 0.703. The van der Waals surface area contributed by atoms with Gasteiger partial charge in [0.2, 0.25) is 5.91 Å². The van der Waals surface area contributed by atoms with Crippen molar-refractivity contribution in [3.8, 4) is 5.75 Å². The summed E-state index contributed by atoms with van der Waals surface area (Å²) in [6.45, 7) is 5.37. The molecular formula is C16H22N2O4. The average molecular weight is 306 g/mol. The van der Waals surface area contributed by atoms with Crippen LogP contribution in [0.15, 0.2) is 24.3 Å². The molecule has 0 aromatic heterocycles. The molecule has 1 amide bonds. The Bertz CT molecular complexity index is 529. The van der Waals surface area contributed by atoms with Gasteiger partial charge in [-0.15, -0.1) is 0 Å². The number of carboxylic acid groups (broad SMARTS) is 1. The van der Waals surface area contributed by atoms with Crippen LogP contribution < -0.4 is 10.1 Å². The first-order chi connectivity index (χ1) is 10.5. The summed E-state index contributed by atoms with van der Waals surface area (Å²) < 4.78 is 5.35. The Kier molecular flexibility index (Phi) is 5.38. The molecule has 1 fully saturated rings. The fourth-order valence-corrected chi connectivity index (χ4v) is 2.55. The van der Waals surface area contributed by atoms with Gasteiger partial charge >= 0.3 is 5.97 Å². The van der Waals surface area contributed by atoms with Gasteiger partial charge in [-0.25, -0.2) is 0 Å². The molecule has 0 spiro atoms. The van der Waals surface area contributed by atoms with E-state index in [1.165, 1.54) is 0 Å². The van der Waals surface area contributed by atoms with E-state index >= 15 is 0 Å². The van der Waals surface area contributed by atoms with Crippen molar-refractivity contribution < 1.29 is 19.4 Å². The van der Waals surface area contributed by atoms with Gasteiger partial charge in [-0.05, 0) is 51.1 Å². The third kappa shape index (κ3) is 3.98. The van der Waals surface area contributed by atoms with E-state index in [2.05, 4.69) is 5.32 Å². The summed E-state index contributed by atoms with van der Waals surface area (Å²) >= 11 is 0. The van der Waals surface area contributed by atoms with Crippen LogP contribution in [0.1, 0.15) is 20.3 Å². The van der Waals surface area contributed by atoms with Crippen LogP contribution in [0.2, 0.25) is 0 Å². The molecule has 2 N–H and O–H groups in total. The van der Waals surface area contributed by atoms with Gasteiger partial charge in [-0.1, -0.05) is 0 Å². The molecule has 2 unspecified atom stereocenters. The monoisotopic (exact) mass is 306 g/mol. The zero-order chi connectivity index (χ0) is 16.1. The van der Waals surface area contributed by atoms with Crippen LogP contribution in [0, 0.1) is 5.92 Å². The number of nitrogens with one attached hydrogen (secondary N) is 1. The summed E-state index contributed by atoms with van der Waals surface area (Å²) in [5, 5.41) is 11.9. The van der Waals surface area contributed by atoms with Crippen molar-refractivity contribution in [3.05, 3.63) is 24.3 Å². The summed E-state index contributed by atoms with van der Waals surface area (Å²) in [7, 11) is 0. The number of benzene rings is 1. The number of carboxylic acids is 1. The van der Waals surface area contributed by atoms with Gasteiger partial charge in [-0.3, -0.25) is 14.5 Å². The number of ether oxygens (including phenoxy) is 1. The second-order valence-electron chi connectivity index (χ2n) is 5.44. The van der Waals surface area contributed by atoms with E-state index in [0.717, 1.165) is 5.75 Å². The van der Waals surface area contributed by atoms with E-state index < -0.39 is 5.97 Å². The number of rotatable bonds is 6. The molecule has 6 nitrogen and oxygen atoms in total. The zero-order valence-corrected chi connectivity index (χ0v) is 12.9. The average Bonchev–Trinajstić information content (AvgIpc) is 2.99. The van der Waals surface area contributed by atoms with E-state index in [1.54, 1.807) is 31.2 Å². The predicted octanol–water partition coefficient (Wildman–Crippen LogP) is 1.82. The molecule has 0 radical (unpaired) electrons. The lowest BCUT2D eigenvalue weighted by atomic mass is 10.1.